The van der Waals surface area contributed by atoms with Crippen LogP contribution >= 0.6 is 0 Å². The Labute approximate surface area is 119 Å². The predicted molar refractivity (Wildman–Crippen MR) is 80.2 cm³/mol. The first-order valence-electron chi connectivity index (χ1n) is 6.95. The summed E-state index contributed by atoms with van der Waals surface area (Å²) < 4.78 is 0. The zero-order valence-corrected chi connectivity index (χ0v) is 11.3. The van der Waals surface area contributed by atoms with Crippen molar-refractivity contribution >= 4 is 11.6 Å². The Morgan fingerprint density at radius 1 is 1.05 bits per heavy atom. The summed E-state index contributed by atoms with van der Waals surface area (Å²) in [5, 5.41) is 0. The van der Waals surface area contributed by atoms with Crippen LogP contribution in [-0.2, 0) is 6.54 Å². The van der Waals surface area contributed by atoms with Crippen molar-refractivity contribution in [3.05, 3.63) is 65.7 Å². The van der Waals surface area contributed by atoms with Crippen LogP contribution in [0.3, 0.4) is 0 Å². The number of nitrogen functional groups attached to an aromatic ring is 1. The molecule has 3 rings (SSSR count). The molecule has 102 valence electrons. The quantitative estimate of drug-likeness (QED) is 0.864. The van der Waals surface area contributed by atoms with E-state index in [1.807, 2.05) is 35.2 Å². The third kappa shape index (κ3) is 2.67. The minimum absolute atomic E-state index is 0.0365. The molecule has 3 heteroatoms. The summed E-state index contributed by atoms with van der Waals surface area (Å²) in [6.07, 6.45) is 2.18. The molecule has 1 amide bonds. The van der Waals surface area contributed by atoms with Crippen LogP contribution in [0.5, 0.6) is 0 Å². The van der Waals surface area contributed by atoms with Crippen molar-refractivity contribution in [1.29, 1.82) is 0 Å². The van der Waals surface area contributed by atoms with E-state index >= 15 is 0 Å². The highest BCUT2D eigenvalue weighted by Crippen LogP contribution is 2.30. The molecule has 3 nitrogen and oxygen atoms in total. The SMILES string of the molecule is Nc1ccccc1C(=O)N(Cc1ccccc1)C1CC1. The van der Waals surface area contributed by atoms with Crippen LogP contribution in [0.25, 0.3) is 0 Å². The maximum atomic E-state index is 12.7. The van der Waals surface area contributed by atoms with E-state index in [0.717, 1.165) is 18.4 Å². The molecule has 2 N–H and O–H groups in total. The van der Waals surface area contributed by atoms with Crippen LogP contribution in [0, 0.1) is 0 Å². The summed E-state index contributed by atoms with van der Waals surface area (Å²) in [6.45, 7) is 0.651. The van der Waals surface area contributed by atoms with Crippen molar-refractivity contribution in [2.24, 2.45) is 0 Å². The number of nitrogens with two attached hydrogens (primary N) is 1. The second-order valence-corrected chi connectivity index (χ2v) is 5.24. The number of para-hydroxylation sites is 1. The third-order valence-corrected chi connectivity index (χ3v) is 3.64. The van der Waals surface area contributed by atoms with Gasteiger partial charge in [0.15, 0.2) is 0 Å². The standard InChI is InChI=1S/C17H18N2O/c18-16-9-5-4-8-15(16)17(20)19(14-10-11-14)12-13-6-2-1-3-7-13/h1-9,14H,10-12,18H2. The fourth-order valence-corrected chi connectivity index (χ4v) is 2.38. The largest absolute Gasteiger partial charge is 0.398 e. The van der Waals surface area contributed by atoms with Crippen LogP contribution < -0.4 is 5.73 Å². The van der Waals surface area contributed by atoms with Gasteiger partial charge in [-0.05, 0) is 30.5 Å². The lowest BCUT2D eigenvalue weighted by Gasteiger charge is -2.23. The van der Waals surface area contributed by atoms with Crippen molar-refractivity contribution in [2.75, 3.05) is 5.73 Å². The molecule has 1 saturated carbocycles. The molecule has 0 heterocycles. The average molecular weight is 266 g/mol. The zero-order chi connectivity index (χ0) is 13.9. The first-order chi connectivity index (χ1) is 9.75. The van der Waals surface area contributed by atoms with Gasteiger partial charge < -0.3 is 10.6 Å². The Hall–Kier alpha value is -2.29. The fraction of sp³-hybridized carbons (Fsp3) is 0.235. The Bertz CT molecular complexity index is 605. The van der Waals surface area contributed by atoms with Gasteiger partial charge in [0.1, 0.15) is 0 Å². The molecule has 0 aromatic heterocycles. The van der Waals surface area contributed by atoms with Crippen LogP contribution in [0.2, 0.25) is 0 Å². The highest BCUT2D eigenvalue weighted by molar-refractivity contribution is 5.99. The van der Waals surface area contributed by atoms with Gasteiger partial charge in [-0.25, -0.2) is 0 Å². The average Bonchev–Trinajstić information content (AvgIpc) is 3.30. The van der Waals surface area contributed by atoms with Gasteiger partial charge in [-0.15, -0.1) is 0 Å². The number of nitrogens with zero attached hydrogens (tertiary/aromatic N) is 1. The lowest BCUT2D eigenvalue weighted by molar-refractivity contribution is 0.0731. The van der Waals surface area contributed by atoms with E-state index < -0.39 is 0 Å². The summed E-state index contributed by atoms with van der Waals surface area (Å²) >= 11 is 0. The van der Waals surface area contributed by atoms with Crippen LogP contribution in [0.4, 0.5) is 5.69 Å². The van der Waals surface area contributed by atoms with E-state index in [2.05, 4.69) is 12.1 Å². The van der Waals surface area contributed by atoms with Gasteiger partial charge in [0, 0.05) is 18.3 Å². The van der Waals surface area contributed by atoms with Crippen molar-refractivity contribution in [1.82, 2.24) is 4.90 Å². The van der Waals surface area contributed by atoms with Crippen molar-refractivity contribution in [3.8, 4) is 0 Å². The lowest BCUT2D eigenvalue weighted by atomic mass is 10.1. The summed E-state index contributed by atoms with van der Waals surface area (Å²) in [7, 11) is 0. The maximum absolute atomic E-state index is 12.7. The van der Waals surface area contributed by atoms with Gasteiger partial charge in [0.25, 0.3) is 5.91 Å². The monoisotopic (exact) mass is 266 g/mol. The summed E-state index contributed by atoms with van der Waals surface area (Å²) in [4.78, 5) is 14.6. The molecule has 1 aliphatic rings. The summed E-state index contributed by atoms with van der Waals surface area (Å²) in [5.74, 6) is 0.0365. The van der Waals surface area contributed by atoms with Crippen LogP contribution in [0.15, 0.2) is 54.6 Å². The van der Waals surface area contributed by atoms with Gasteiger partial charge in [0.05, 0.1) is 5.56 Å². The van der Waals surface area contributed by atoms with E-state index in [4.69, 9.17) is 5.73 Å². The number of hydrogen-bond donors (Lipinski definition) is 1. The fourth-order valence-electron chi connectivity index (χ4n) is 2.38. The molecule has 1 fully saturated rings. The molecule has 1 aliphatic carbocycles. The highest BCUT2D eigenvalue weighted by atomic mass is 16.2. The van der Waals surface area contributed by atoms with E-state index in [1.54, 1.807) is 12.1 Å². The van der Waals surface area contributed by atoms with E-state index in [1.165, 1.54) is 0 Å². The summed E-state index contributed by atoms with van der Waals surface area (Å²) in [5.41, 5.74) is 8.24. The molecular formula is C17H18N2O. The van der Waals surface area contributed by atoms with Crippen molar-refractivity contribution < 1.29 is 4.79 Å². The normalized spacial score (nSPS) is 14.0. The van der Waals surface area contributed by atoms with Gasteiger partial charge in [0.2, 0.25) is 0 Å². The first-order valence-corrected chi connectivity index (χ1v) is 6.95. The molecule has 0 aliphatic heterocycles. The van der Waals surface area contributed by atoms with E-state index in [-0.39, 0.29) is 5.91 Å². The number of rotatable bonds is 4. The number of amides is 1. The van der Waals surface area contributed by atoms with E-state index in [9.17, 15) is 4.79 Å². The maximum Gasteiger partial charge on any atom is 0.256 e. The van der Waals surface area contributed by atoms with Gasteiger partial charge in [-0.3, -0.25) is 4.79 Å². The number of carbonyl (C=O) groups excluding carboxylic acids is 1. The minimum atomic E-state index is 0.0365. The van der Waals surface area contributed by atoms with E-state index in [0.29, 0.717) is 23.8 Å². The Balaban J connectivity index is 1.84. The van der Waals surface area contributed by atoms with Crippen LogP contribution in [-0.4, -0.2) is 16.8 Å². The van der Waals surface area contributed by atoms with Crippen molar-refractivity contribution in [3.63, 3.8) is 0 Å². The Kier molecular flexibility index (Phi) is 3.42. The molecule has 0 radical (unpaired) electrons. The molecule has 0 spiro atoms. The minimum Gasteiger partial charge on any atom is -0.398 e. The van der Waals surface area contributed by atoms with Crippen LogP contribution in [0.1, 0.15) is 28.8 Å². The molecular weight excluding hydrogens is 248 g/mol. The first kappa shape index (κ1) is 12.7. The molecule has 0 atom stereocenters. The molecule has 0 saturated heterocycles. The predicted octanol–water partition coefficient (Wildman–Crippen LogP) is 3.07. The second kappa shape index (κ2) is 5.37. The second-order valence-electron chi connectivity index (χ2n) is 5.24. The third-order valence-electron chi connectivity index (χ3n) is 3.64. The lowest BCUT2D eigenvalue weighted by Crippen LogP contribution is -2.33. The molecule has 20 heavy (non-hydrogen) atoms. The topological polar surface area (TPSA) is 46.3 Å². The molecule has 2 aromatic carbocycles. The number of hydrogen-bond acceptors (Lipinski definition) is 2. The molecule has 0 bridgehead atoms. The van der Waals surface area contributed by atoms with Gasteiger partial charge >= 0.3 is 0 Å². The Morgan fingerprint density at radius 2 is 1.70 bits per heavy atom. The van der Waals surface area contributed by atoms with Gasteiger partial charge in [-0.2, -0.15) is 0 Å². The number of anilines is 1. The Morgan fingerprint density at radius 3 is 2.35 bits per heavy atom. The number of benzene rings is 2. The van der Waals surface area contributed by atoms with Crippen molar-refractivity contribution in [2.45, 2.75) is 25.4 Å². The molecule has 2 aromatic rings. The van der Waals surface area contributed by atoms with Gasteiger partial charge in [-0.1, -0.05) is 42.5 Å². The molecule has 0 unspecified atom stereocenters. The number of carbonyl (C=O) groups is 1. The highest BCUT2D eigenvalue weighted by Gasteiger charge is 2.33. The summed E-state index contributed by atoms with van der Waals surface area (Å²) in [6, 6.07) is 17.8. The zero-order valence-electron chi connectivity index (χ0n) is 11.3. The smallest absolute Gasteiger partial charge is 0.256 e.